The zero-order chi connectivity index (χ0) is 29.8. The molecule has 0 fully saturated rings. The van der Waals surface area contributed by atoms with E-state index in [2.05, 4.69) is 95.2 Å². The number of fused-ring (bicyclic) bond motifs is 1. The second-order valence-electron chi connectivity index (χ2n) is 10.2. The molecule has 1 aliphatic rings. The van der Waals surface area contributed by atoms with Gasteiger partial charge in [-0.1, -0.05) is 67.8 Å². The van der Waals surface area contributed by atoms with Gasteiger partial charge in [0, 0.05) is 43.5 Å². The van der Waals surface area contributed by atoms with Gasteiger partial charge >= 0.3 is 0 Å². The van der Waals surface area contributed by atoms with Crippen molar-refractivity contribution in [2.24, 2.45) is 16.5 Å². The van der Waals surface area contributed by atoms with Gasteiger partial charge in [-0.15, -0.1) is 0 Å². The fourth-order valence-corrected chi connectivity index (χ4v) is 4.80. The average molecular weight is 561 g/mol. The maximum Gasteiger partial charge on any atom is 0.185 e. The van der Waals surface area contributed by atoms with Crippen molar-refractivity contribution < 1.29 is 8.78 Å². The quantitative estimate of drug-likeness (QED) is 0.128. The number of rotatable bonds is 12. The summed E-state index contributed by atoms with van der Waals surface area (Å²) in [6.45, 7) is 14.1. The van der Waals surface area contributed by atoms with Crippen molar-refractivity contribution in [2.75, 3.05) is 6.54 Å². The molecule has 0 radical (unpaired) electrons. The van der Waals surface area contributed by atoms with Crippen molar-refractivity contribution in [1.29, 1.82) is 0 Å². The standard InChI is InChI=1S/C17H25F2N5.C16H17N/c1-4-22-16(6-5-7-23-17(20)21)12(3)24-10-13-14(18)8-11(2)9-15(13)19;1-13(14-7-3-2-4-8-14)17-11-15-9-5-6-10-16(15)12-17/h4,8-9,16,22,24H,1,3,5-7,10H2,2H3,(H4,20,21,23);2-10,13H,11-12H2,1H3. The molecule has 4 rings (SSSR count). The topological polar surface area (TPSA) is 91.7 Å². The fourth-order valence-electron chi connectivity index (χ4n) is 4.80. The molecular weight excluding hydrogens is 518 g/mol. The second kappa shape index (κ2) is 15.6. The highest BCUT2D eigenvalue weighted by molar-refractivity contribution is 5.75. The van der Waals surface area contributed by atoms with Gasteiger partial charge in [0.15, 0.2) is 5.96 Å². The molecule has 3 aromatic carbocycles. The minimum Gasteiger partial charge on any atom is -0.383 e. The normalized spacial score (nSPS) is 13.7. The molecule has 2 unspecified atom stereocenters. The van der Waals surface area contributed by atoms with Gasteiger partial charge in [-0.2, -0.15) is 0 Å². The van der Waals surface area contributed by atoms with Gasteiger partial charge < -0.3 is 22.1 Å². The molecule has 1 aliphatic heterocycles. The number of nitrogens with one attached hydrogen (secondary N) is 2. The molecular formula is C33H42F2N6. The first-order valence-electron chi connectivity index (χ1n) is 13.8. The van der Waals surface area contributed by atoms with Crippen LogP contribution >= 0.6 is 0 Å². The summed E-state index contributed by atoms with van der Waals surface area (Å²) in [5.41, 5.74) is 16.1. The van der Waals surface area contributed by atoms with Crippen molar-refractivity contribution in [3.8, 4) is 0 Å². The number of nitrogens with two attached hydrogens (primary N) is 2. The SMILES string of the molecule is C=CNC(CCCN=C(N)N)C(=C)NCc1c(F)cc(C)cc1F.CC(c1ccccc1)N1Cc2ccccc2C1. The number of aryl methyl sites for hydroxylation is 1. The molecule has 0 aromatic heterocycles. The van der Waals surface area contributed by atoms with Crippen LogP contribution in [0.2, 0.25) is 0 Å². The van der Waals surface area contributed by atoms with Crippen LogP contribution in [0.25, 0.3) is 0 Å². The summed E-state index contributed by atoms with van der Waals surface area (Å²) in [5, 5.41) is 6.01. The van der Waals surface area contributed by atoms with E-state index in [-0.39, 0.29) is 24.1 Å². The number of halogens is 2. The van der Waals surface area contributed by atoms with E-state index in [0.717, 1.165) is 19.5 Å². The summed E-state index contributed by atoms with van der Waals surface area (Å²) in [7, 11) is 0. The van der Waals surface area contributed by atoms with E-state index in [1.807, 2.05) is 0 Å². The van der Waals surface area contributed by atoms with E-state index in [1.54, 1.807) is 13.1 Å². The van der Waals surface area contributed by atoms with Gasteiger partial charge in [0.05, 0.1) is 6.04 Å². The molecule has 218 valence electrons. The summed E-state index contributed by atoms with van der Waals surface area (Å²) in [6.07, 6.45) is 2.95. The number of hydrogen-bond donors (Lipinski definition) is 4. The molecule has 6 N–H and O–H groups in total. The zero-order valence-corrected chi connectivity index (χ0v) is 24.0. The number of guanidine groups is 1. The third kappa shape index (κ3) is 9.46. The predicted molar refractivity (Wildman–Crippen MR) is 165 cm³/mol. The highest BCUT2D eigenvalue weighted by atomic mass is 19.1. The lowest BCUT2D eigenvalue weighted by molar-refractivity contribution is 0.215. The average Bonchev–Trinajstić information content (AvgIpc) is 3.39. The molecule has 0 aliphatic carbocycles. The molecule has 0 saturated carbocycles. The van der Waals surface area contributed by atoms with E-state index < -0.39 is 11.6 Å². The highest BCUT2D eigenvalue weighted by Gasteiger charge is 2.23. The lowest BCUT2D eigenvalue weighted by atomic mass is 10.1. The van der Waals surface area contributed by atoms with E-state index >= 15 is 0 Å². The summed E-state index contributed by atoms with van der Waals surface area (Å²) in [5.74, 6) is -1.10. The van der Waals surface area contributed by atoms with Crippen LogP contribution in [-0.4, -0.2) is 23.4 Å². The van der Waals surface area contributed by atoms with E-state index in [0.29, 0.717) is 30.3 Å². The molecule has 8 heteroatoms. The first-order chi connectivity index (χ1) is 19.7. The molecule has 0 spiro atoms. The number of hydrogen-bond acceptors (Lipinski definition) is 4. The van der Waals surface area contributed by atoms with Gasteiger partial charge in [-0.05, 0) is 67.3 Å². The van der Waals surface area contributed by atoms with Crippen molar-refractivity contribution in [1.82, 2.24) is 15.5 Å². The first-order valence-corrected chi connectivity index (χ1v) is 13.8. The van der Waals surface area contributed by atoms with Gasteiger partial charge in [-0.25, -0.2) is 8.78 Å². The summed E-state index contributed by atoms with van der Waals surface area (Å²) in [6, 6.07) is 22.5. The molecule has 0 bridgehead atoms. The maximum absolute atomic E-state index is 13.9. The zero-order valence-electron chi connectivity index (χ0n) is 24.0. The van der Waals surface area contributed by atoms with Crippen LogP contribution in [0.1, 0.15) is 53.6 Å². The monoisotopic (exact) mass is 560 g/mol. The number of benzene rings is 3. The molecule has 0 saturated heterocycles. The molecule has 3 aromatic rings. The van der Waals surface area contributed by atoms with Gasteiger partial charge in [0.25, 0.3) is 0 Å². The minimum absolute atomic E-state index is 0.0139. The Hall–Kier alpha value is -4.17. The van der Waals surface area contributed by atoms with Crippen LogP contribution < -0.4 is 22.1 Å². The lowest BCUT2D eigenvalue weighted by Gasteiger charge is -2.24. The van der Waals surface area contributed by atoms with Crippen molar-refractivity contribution >= 4 is 5.96 Å². The second-order valence-corrected chi connectivity index (χ2v) is 10.2. The Kier molecular flexibility index (Phi) is 11.9. The molecule has 0 amide bonds. The third-order valence-corrected chi connectivity index (χ3v) is 7.16. The Morgan fingerprint density at radius 3 is 2.17 bits per heavy atom. The van der Waals surface area contributed by atoms with Crippen LogP contribution in [0.3, 0.4) is 0 Å². The number of aliphatic imine (C=N–C) groups is 1. The maximum atomic E-state index is 13.9. The van der Waals surface area contributed by atoms with Gasteiger partial charge in [0.1, 0.15) is 11.6 Å². The van der Waals surface area contributed by atoms with E-state index in [9.17, 15) is 8.78 Å². The highest BCUT2D eigenvalue weighted by Crippen LogP contribution is 2.30. The summed E-state index contributed by atoms with van der Waals surface area (Å²) >= 11 is 0. The van der Waals surface area contributed by atoms with E-state index in [4.69, 9.17) is 11.5 Å². The van der Waals surface area contributed by atoms with Gasteiger partial charge in [0.2, 0.25) is 0 Å². The largest absolute Gasteiger partial charge is 0.383 e. The molecule has 6 nitrogen and oxygen atoms in total. The van der Waals surface area contributed by atoms with Crippen LogP contribution in [0.15, 0.2) is 96.8 Å². The smallest absolute Gasteiger partial charge is 0.185 e. The van der Waals surface area contributed by atoms with Crippen molar-refractivity contribution in [3.05, 3.63) is 131 Å². The Labute approximate surface area is 242 Å². The van der Waals surface area contributed by atoms with Crippen LogP contribution in [-0.2, 0) is 19.6 Å². The van der Waals surface area contributed by atoms with Gasteiger partial charge in [-0.3, -0.25) is 9.89 Å². The van der Waals surface area contributed by atoms with Crippen LogP contribution in [0, 0.1) is 18.6 Å². The van der Waals surface area contributed by atoms with E-state index in [1.165, 1.54) is 28.8 Å². The Bertz CT molecular complexity index is 1270. The van der Waals surface area contributed by atoms with Crippen LogP contribution in [0.4, 0.5) is 8.78 Å². The third-order valence-electron chi connectivity index (χ3n) is 7.16. The first kappa shape index (κ1) is 31.4. The summed E-state index contributed by atoms with van der Waals surface area (Å²) < 4.78 is 27.7. The Morgan fingerprint density at radius 2 is 1.61 bits per heavy atom. The van der Waals surface area contributed by atoms with Crippen LogP contribution in [0.5, 0.6) is 0 Å². The summed E-state index contributed by atoms with van der Waals surface area (Å²) in [4.78, 5) is 6.44. The lowest BCUT2D eigenvalue weighted by Crippen LogP contribution is -2.33. The molecule has 1 heterocycles. The molecule has 41 heavy (non-hydrogen) atoms. The fraction of sp³-hybridized carbons (Fsp3) is 0.303. The molecule has 2 atom stereocenters. The minimum atomic E-state index is -0.575. The Morgan fingerprint density at radius 1 is 1.02 bits per heavy atom. The van der Waals surface area contributed by atoms with Crippen molar-refractivity contribution in [2.45, 2.75) is 58.4 Å². The van der Waals surface area contributed by atoms with Crippen molar-refractivity contribution in [3.63, 3.8) is 0 Å². The predicted octanol–water partition coefficient (Wildman–Crippen LogP) is 5.80. The Balaban J connectivity index is 0.000000237. The number of nitrogens with zero attached hydrogens (tertiary/aromatic N) is 2.